The first kappa shape index (κ1) is 18.2. The summed E-state index contributed by atoms with van der Waals surface area (Å²) in [4.78, 5) is 3.48. The molecule has 140 valence electrons. The van der Waals surface area contributed by atoms with Crippen LogP contribution >= 0.6 is 31.9 Å². The van der Waals surface area contributed by atoms with Crippen molar-refractivity contribution in [2.24, 2.45) is 0 Å². The van der Waals surface area contributed by atoms with Gasteiger partial charge in [-0.3, -0.25) is 0 Å². The normalized spacial score (nSPS) is 16.0. The molecule has 0 radical (unpaired) electrons. The fraction of sp³-hybridized carbons (Fsp3) is 0.200. The molecule has 5 rings (SSSR count). The molecule has 0 spiro atoms. The number of aryl methyl sites for hydroxylation is 2. The van der Waals surface area contributed by atoms with Gasteiger partial charge in [-0.05, 0) is 106 Å². The Kier molecular flexibility index (Phi) is 4.29. The highest BCUT2D eigenvalue weighted by molar-refractivity contribution is 9.10. The lowest BCUT2D eigenvalue weighted by Gasteiger charge is -2.16. The summed E-state index contributed by atoms with van der Waals surface area (Å²) in [5.41, 5.74) is 9.63. The van der Waals surface area contributed by atoms with E-state index in [0.717, 1.165) is 11.0 Å². The second-order valence-electron chi connectivity index (χ2n) is 7.92. The average molecular weight is 495 g/mol. The number of rotatable bonds is 2. The molecule has 0 amide bonds. The summed E-state index contributed by atoms with van der Waals surface area (Å²) < 4.78 is 2.20. The summed E-state index contributed by atoms with van der Waals surface area (Å²) >= 11 is 7.31. The van der Waals surface area contributed by atoms with Crippen LogP contribution in [-0.4, -0.2) is 4.98 Å². The Labute approximate surface area is 182 Å². The molecule has 0 aliphatic heterocycles. The van der Waals surface area contributed by atoms with Crippen LogP contribution in [-0.2, 0) is 6.42 Å². The van der Waals surface area contributed by atoms with Crippen molar-refractivity contribution >= 4 is 59.6 Å². The quantitative estimate of drug-likeness (QED) is 0.270. The van der Waals surface area contributed by atoms with Crippen molar-refractivity contribution < 1.29 is 0 Å². The third kappa shape index (κ3) is 2.71. The fourth-order valence-electron chi connectivity index (χ4n) is 4.78. The van der Waals surface area contributed by atoms with E-state index in [0.29, 0.717) is 5.92 Å². The number of nitrogens with one attached hydrogen (secondary N) is 1. The van der Waals surface area contributed by atoms with Crippen LogP contribution in [0, 0.1) is 13.8 Å². The topological polar surface area (TPSA) is 15.8 Å². The number of fused-ring (bicyclic) bond motifs is 3. The van der Waals surface area contributed by atoms with Crippen molar-refractivity contribution in [2.45, 2.75) is 33.1 Å². The Hall–Kier alpha value is -1.84. The number of benzene rings is 2. The Morgan fingerprint density at radius 3 is 2.57 bits per heavy atom. The van der Waals surface area contributed by atoms with Crippen molar-refractivity contribution in [2.75, 3.05) is 0 Å². The molecule has 1 aromatic heterocycles. The Morgan fingerprint density at radius 2 is 1.75 bits per heavy atom. The van der Waals surface area contributed by atoms with Crippen LogP contribution in [0.25, 0.3) is 27.8 Å². The molecule has 4 aromatic rings. The first-order chi connectivity index (χ1) is 13.4. The number of pyridine rings is 1. The number of aromatic nitrogens is 1. The van der Waals surface area contributed by atoms with Crippen LogP contribution in [0.2, 0.25) is 0 Å². The molecule has 1 atom stereocenters. The zero-order valence-electron chi connectivity index (χ0n) is 16.2. The number of halogens is 2. The van der Waals surface area contributed by atoms with E-state index in [1.165, 1.54) is 59.5 Å². The van der Waals surface area contributed by atoms with Gasteiger partial charge in [0, 0.05) is 21.3 Å². The van der Waals surface area contributed by atoms with Crippen molar-refractivity contribution in [3.8, 4) is 0 Å². The Balaban J connectivity index is 1.68. The monoisotopic (exact) mass is 493 g/mol. The van der Waals surface area contributed by atoms with Gasteiger partial charge in [0.1, 0.15) is 0 Å². The van der Waals surface area contributed by atoms with Crippen LogP contribution in [0.4, 0.5) is 0 Å². The summed E-state index contributed by atoms with van der Waals surface area (Å²) in [6.07, 6.45) is 3.39. The molecule has 28 heavy (non-hydrogen) atoms. The zero-order chi connectivity index (χ0) is 19.6. The fourth-order valence-corrected chi connectivity index (χ4v) is 5.62. The van der Waals surface area contributed by atoms with E-state index in [1.54, 1.807) is 0 Å². The van der Waals surface area contributed by atoms with E-state index in [-0.39, 0.29) is 0 Å². The van der Waals surface area contributed by atoms with Crippen molar-refractivity contribution in [1.29, 1.82) is 0 Å². The van der Waals surface area contributed by atoms with E-state index < -0.39 is 0 Å². The van der Waals surface area contributed by atoms with Gasteiger partial charge in [0.05, 0.1) is 4.60 Å². The molecule has 1 N–H and O–H groups in total. The SMILES string of the molecule is CC1=Cc2c(Br)cccc2C1Cc1c(C)cc2c(C)c3ccc(Br)[nH]c3cc12. The summed E-state index contributed by atoms with van der Waals surface area (Å²) in [7, 11) is 0. The molecule has 3 heteroatoms. The maximum absolute atomic E-state index is 3.72. The molecule has 1 unspecified atom stereocenters. The minimum Gasteiger partial charge on any atom is -0.349 e. The van der Waals surface area contributed by atoms with Crippen LogP contribution < -0.4 is 0 Å². The highest BCUT2D eigenvalue weighted by atomic mass is 79.9. The van der Waals surface area contributed by atoms with Gasteiger partial charge in [-0.2, -0.15) is 0 Å². The second kappa shape index (κ2) is 6.60. The predicted molar refractivity (Wildman–Crippen MR) is 127 cm³/mol. The van der Waals surface area contributed by atoms with Gasteiger partial charge < -0.3 is 4.98 Å². The van der Waals surface area contributed by atoms with E-state index >= 15 is 0 Å². The molecular formula is C25H21Br2N. The minimum atomic E-state index is 0.444. The number of hydrogen-bond acceptors (Lipinski definition) is 0. The van der Waals surface area contributed by atoms with E-state index in [2.05, 4.69) is 106 Å². The van der Waals surface area contributed by atoms with Gasteiger partial charge >= 0.3 is 0 Å². The van der Waals surface area contributed by atoms with Crippen molar-refractivity contribution in [3.63, 3.8) is 0 Å². The lowest BCUT2D eigenvalue weighted by atomic mass is 9.88. The van der Waals surface area contributed by atoms with Crippen LogP contribution in [0.1, 0.15) is 40.7 Å². The third-order valence-corrected chi connectivity index (χ3v) is 7.44. The molecule has 0 saturated carbocycles. The van der Waals surface area contributed by atoms with E-state index in [4.69, 9.17) is 0 Å². The highest BCUT2D eigenvalue weighted by Gasteiger charge is 2.26. The zero-order valence-corrected chi connectivity index (χ0v) is 19.3. The van der Waals surface area contributed by atoms with E-state index in [9.17, 15) is 0 Å². The van der Waals surface area contributed by atoms with Gasteiger partial charge in [-0.25, -0.2) is 0 Å². The van der Waals surface area contributed by atoms with Gasteiger partial charge in [-0.1, -0.05) is 45.8 Å². The number of aromatic amines is 1. The summed E-state index contributed by atoms with van der Waals surface area (Å²) in [5.74, 6) is 0.444. The Bertz CT molecular complexity index is 1290. The summed E-state index contributed by atoms with van der Waals surface area (Å²) in [6, 6.07) is 15.6. The maximum Gasteiger partial charge on any atom is 0.0824 e. The smallest absolute Gasteiger partial charge is 0.0824 e. The molecule has 1 heterocycles. The molecule has 0 bridgehead atoms. The third-order valence-electron chi connectivity index (χ3n) is 6.28. The van der Waals surface area contributed by atoms with Gasteiger partial charge in [0.25, 0.3) is 0 Å². The van der Waals surface area contributed by atoms with Gasteiger partial charge in [0.15, 0.2) is 0 Å². The average Bonchev–Trinajstić information content (AvgIpc) is 3.14. The predicted octanol–water partition coefficient (Wildman–Crippen LogP) is 8.21. The van der Waals surface area contributed by atoms with Crippen LogP contribution in [0.5, 0.6) is 0 Å². The second-order valence-corrected chi connectivity index (χ2v) is 9.63. The summed E-state index contributed by atoms with van der Waals surface area (Å²) in [5, 5.41) is 4.05. The van der Waals surface area contributed by atoms with Gasteiger partial charge in [0.2, 0.25) is 0 Å². The van der Waals surface area contributed by atoms with Crippen LogP contribution in [0.3, 0.4) is 0 Å². The Morgan fingerprint density at radius 1 is 0.929 bits per heavy atom. The lowest BCUT2D eigenvalue weighted by molar-refractivity contribution is 0.806. The maximum atomic E-state index is 3.72. The number of H-pyrrole nitrogens is 1. The molecule has 1 nitrogen and oxygen atoms in total. The first-order valence-corrected chi connectivity index (χ1v) is 11.2. The van der Waals surface area contributed by atoms with Crippen molar-refractivity contribution in [3.05, 3.63) is 84.9 Å². The van der Waals surface area contributed by atoms with Crippen LogP contribution in [0.15, 0.2) is 57.1 Å². The summed E-state index contributed by atoms with van der Waals surface area (Å²) in [6.45, 7) is 6.76. The highest BCUT2D eigenvalue weighted by Crippen LogP contribution is 2.43. The van der Waals surface area contributed by atoms with Gasteiger partial charge in [-0.15, -0.1) is 0 Å². The number of allylic oxidation sites excluding steroid dienone is 1. The molecular weight excluding hydrogens is 474 g/mol. The molecule has 3 aromatic carbocycles. The molecule has 0 fully saturated rings. The largest absolute Gasteiger partial charge is 0.349 e. The molecule has 1 aliphatic carbocycles. The first-order valence-electron chi connectivity index (χ1n) is 9.60. The number of hydrogen-bond donors (Lipinski definition) is 1. The van der Waals surface area contributed by atoms with E-state index in [1.807, 2.05) is 0 Å². The molecule has 0 saturated heterocycles. The standard InChI is InChI=1S/C25H21Br2N/c1-13-9-20-15(3)16-7-8-25(27)28-24(16)12-21(20)19(13)11-18-14(2)10-22-17(18)5-4-6-23(22)26/h4-10,12,18,28H,11H2,1-3H3. The molecule has 1 aliphatic rings. The minimum absolute atomic E-state index is 0.444. The lowest BCUT2D eigenvalue weighted by Crippen LogP contribution is -2.02. The van der Waals surface area contributed by atoms with Crippen molar-refractivity contribution in [1.82, 2.24) is 4.98 Å².